The summed E-state index contributed by atoms with van der Waals surface area (Å²) in [4.78, 5) is 4.71. The van der Waals surface area contributed by atoms with Crippen molar-refractivity contribution in [2.24, 2.45) is 0 Å². The zero-order valence-corrected chi connectivity index (χ0v) is 22.3. The van der Waals surface area contributed by atoms with Gasteiger partial charge in [0.1, 0.15) is 0 Å². The molecule has 4 nitrogen and oxygen atoms in total. The van der Waals surface area contributed by atoms with E-state index in [1.807, 2.05) is 31.3 Å². The van der Waals surface area contributed by atoms with Crippen molar-refractivity contribution in [3.8, 4) is 11.8 Å². The summed E-state index contributed by atoms with van der Waals surface area (Å²) in [5.41, 5.74) is 10.0. The van der Waals surface area contributed by atoms with Crippen LogP contribution in [-0.2, 0) is 6.54 Å². The van der Waals surface area contributed by atoms with Crippen LogP contribution in [0.4, 0.5) is 5.69 Å². The van der Waals surface area contributed by atoms with Crippen molar-refractivity contribution in [1.29, 1.82) is 0 Å². The number of likely N-dealkylation sites (N-methyl/N-ethyl adjacent to an activating group) is 2. The second-order valence-corrected chi connectivity index (χ2v) is 8.82. The Labute approximate surface area is 213 Å². The molecule has 0 saturated carbocycles. The van der Waals surface area contributed by atoms with Gasteiger partial charge in [0, 0.05) is 51.0 Å². The Balaban J connectivity index is 2.03. The molecule has 0 aliphatic carbocycles. The predicted octanol–water partition coefficient (Wildman–Crippen LogP) is 5.84. The first-order valence-electron chi connectivity index (χ1n) is 12.4. The molecule has 4 heteroatoms. The largest absolute Gasteiger partial charge is 0.369 e. The molecule has 0 atom stereocenters. The van der Waals surface area contributed by atoms with Gasteiger partial charge in [-0.25, -0.2) is 5.43 Å². The van der Waals surface area contributed by atoms with Crippen LogP contribution in [0.1, 0.15) is 43.4 Å². The van der Waals surface area contributed by atoms with Gasteiger partial charge in [0.15, 0.2) is 0 Å². The maximum Gasteiger partial charge on any atom is 0.0592 e. The molecule has 186 valence electrons. The van der Waals surface area contributed by atoms with Crippen LogP contribution in [0.15, 0.2) is 85.1 Å². The monoisotopic (exact) mass is 470 g/mol. The van der Waals surface area contributed by atoms with E-state index in [4.69, 9.17) is 0 Å². The van der Waals surface area contributed by atoms with E-state index < -0.39 is 0 Å². The summed E-state index contributed by atoms with van der Waals surface area (Å²) in [6, 6.07) is 17.0. The summed E-state index contributed by atoms with van der Waals surface area (Å²) in [5.74, 6) is 6.60. The van der Waals surface area contributed by atoms with Crippen LogP contribution in [0.2, 0.25) is 0 Å². The normalized spacial score (nSPS) is 11.4. The van der Waals surface area contributed by atoms with Gasteiger partial charge in [-0.05, 0) is 73.8 Å². The van der Waals surface area contributed by atoms with Gasteiger partial charge in [0.2, 0.25) is 0 Å². The number of hydrogen-bond acceptors (Lipinski definition) is 4. The van der Waals surface area contributed by atoms with E-state index >= 15 is 0 Å². The summed E-state index contributed by atoms with van der Waals surface area (Å²) in [6.45, 7) is 16.0. The smallest absolute Gasteiger partial charge is 0.0592 e. The molecule has 0 heterocycles. The van der Waals surface area contributed by atoms with E-state index in [0.29, 0.717) is 0 Å². The first-order chi connectivity index (χ1) is 16.9. The maximum absolute atomic E-state index is 3.92. The average molecular weight is 471 g/mol. The topological polar surface area (TPSA) is 21.8 Å². The molecule has 2 aromatic carbocycles. The van der Waals surface area contributed by atoms with E-state index in [1.165, 1.54) is 11.3 Å². The Morgan fingerprint density at radius 1 is 0.943 bits per heavy atom. The SMILES string of the molecule is C=CCCN(CCC)Cc1ccc(C#Cc2ccc(N(C)C/C(=C(\C)C=C)N(C)NC)cc2)cc1. The highest BCUT2D eigenvalue weighted by molar-refractivity contribution is 5.52. The Bertz CT molecular complexity index is 1020. The number of hydrazine groups is 1. The molecule has 0 spiro atoms. The van der Waals surface area contributed by atoms with Crippen molar-refractivity contribution >= 4 is 5.69 Å². The fourth-order valence-corrected chi connectivity index (χ4v) is 3.82. The Hall–Kier alpha value is -3.26. The molecule has 0 saturated heterocycles. The molecule has 0 radical (unpaired) electrons. The molecule has 0 bridgehead atoms. The number of nitrogens with one attached hydrogen (secondary N) is 1. The molecule has 35 heavy (non-hydrogen) atoms. The number of nitrogens with zero attached hydrogens (tertiary/aromatic N) is 3. The molecular formula is C31H42N4. The van der Waals surface area contributed by atoms with Crippen molar-refractivity contribution in [2.45, 2.75) is 33.2 Å². The van der Waals surface area contributed by atoms with Gasteiger partial charge in [-0.3, -0.25) is 4.90 Å². The van der Waals surface area contributed by atoms with E-state index in [0.717, 1.165) is 61.4 Å². The molecule has 0 aliphatic rings. The highest BCUT2D eigenvalue weighted by Crippen LogP contribution is 2.17. The van der Waals surface area contributed by atoms with Crippen LogP contribution in [0.5, 0.6) is 0 Å². The quantitative estimate of drug-likeness (QED) is 0.172. The average Bonchev–Trinajstić information content (AvgIpc) is 2.89. The van der Waals surface area contributed by atoms with Crippen LogP contribution >= 0.6 is 0 Å². The molecular weight excluding hydrogens is 428 g/mol. The van der Waals surface area contributed by atoms with Crippen molar-refractivity contribution in [3.63, 3.8) is 0 Å². The van der Waals surface area contributed by atoms with Crippen LogP contribution < -0.4 is 10.3 Å². The molecule has 2 aromatic rings. The molecule has 0 aliphatic heterocycles. The van der Waals surface area contributed by atoms with Crippen LogP contribution in [0.3, 0.4) is 0 Å². The minimum absolute atomic E-state index is 0.774. The number of benzene rings is 2. The third-order valence-electron chi connectivity index (χ3n) is 6.10. The second-order valence-electron chi connectivity index (χ2n) is 8.82. The summed E-state index contributed by atoms with van der Waals surface area (Å²) in [6.07, 6.45) is 6.07. The summed E-state index contributed by atoms with van der Waals surface area (Å²) >= 11 is 0. The van der Waals surface area contributed by atoms with E-state index in [2.05, 4.69) is 110 Å². The third-order valence-corrected chi connectivity index (χ3v) is 6.10. The molecule has 0 unspecified atom stereocenters. The lowest BCUT2D eigenvalue weighted by molar-refractivity contribution is 0.271. The molecule has 0 aromatic heterocycles. The Morgan fingerprint density at radius 3 is 2.06 bits per heavy atom. The Kier molecular flexibility index (Phi) is 11.9. The van der Waals surface area contributed by atoms with Crippen molar-refractivity contribution in [2.75, 3.05) is 45.7 Å². The first kappa shape index (κ1) is 28.0. The van der Waals surface area contributed by atoms with Gasteiger partial charge in [0.05, 0.1) is 12.2 Å². The molecule has 0 amide bonds. The Morgan fingerprint density at radius 2 is 1.54 bits per heavy atom. The van der Waals surface area contributed by atoms with Gasteiger partial charge in [-0.15, -0.1) is 6.58 Å². The second kappa shape index (κ2) is 14.9. The standard InChI is InChI=1S/C31H42N4/c1-8-11-23-35(22-9-2)24-29-16-14-27(15-17-29)12-13-28-18-20-30(21-19-28)33(6)25-31(26(4)10-3)34(7)32-5/h8,10,14-21,32H,1,3,9,11,22-25H2,2,4-7H3/b31-26-. The van der Waals surface area contributed by atoms with Gasteiger partial charge in [-0.1, -0.05) is 49.6 Å². The van der Waals surface area contributed by atoms with Gasteiger partial charge in [0.25, 0.3) is 0 Å². The number of hydrogen-bond donors (Lipinski definition) is 1. The first-order valence-corrected chi connectivity index (χ1v) is 12.4. The molecule has 1 N–H and O–H groups in total. The van der Waals surface area contributed by atoms with Crippen LogP contribution in [0.25, 0.3) is 0 Å². The van der Waals surface area contributed by atoms with Crippen molar-refractivity contribution in [1.82, 2.24) is 15.3 Å². The minimum atomic E-state index is 0.774. The highest BCUT2D eigenvalue weighted by Gasteiger charge is 2.10. The summed E-state index contributed by atoms with van der Waals surface area (Å²) < 4.78 is 0. The third kappa shape index (κ3) is 9.13. The van der Waals surface area contributed by atoms with Crippen LogP contribution in [-0.4, -0.2) is 50.7 Å². The lowest BCUT2D eigenvalue weighted by Gasteiger charge is -2.28. The van der Waals surface area contributed by atoms with Gasteiger partial charge in [-0.2, -0.15) is 0 Å². The predicted molar refractivity (Wildman–Crippen MR) is 152 cm³/mol. The zero-order chi connectivity index (χ0) is 25.6. The zero-order valence-electron chi connectivity index (χ0n) is 22.3. The minimum Gasteiger partial charge on any atom is -0.369 e. The number of anilines is 1. The number of allylic oxidation sites excluding steroid dienone is 2. The lowest BCUT2D eigenvalue weighted by Crippen LogP contribution is -2.36. The lowest BCUT2D eigenvalue weighted by atomic mass is 10.1. The molecule has 0 fully saturated rings. The number of rotatable bonds is 13. The molecule has 2 rings (SSSR count). The van der Waals surface area contributed by atoms with Crippen molar-refractivity contribution < 1.29 is 0 Å². The fraction of sp³-hybridized carbons (Fsp3) is 0.355. The van der Waals surface area contributed by atoms with Crippen LogP contribution in [0, 0.1) is 11.8 Å². The highest BCUT2D eigenvalue weighted by atomic mass is 15.5. The van der Waals surface area contributed by atoms with E-state index in [-0.39, 0.29) is 0 Å². The summed E-state index contributed by atoms with van der Waals surface area (Å²) in [7, 11) is 6.04. The summed E-state index contributed by atoms with van der Waals surface area (Å²) in [5, 5.41) is 2.03. The fourth-order valence-electron chi connectivity index (χ4n) is 3.82. The van der Waals surface area contributed by atoms with Crippen molar-refractivity contribution in [3.05, 3.63) is 102 Å². The maximum atomic E-state index is 3.92. The van der Waals surface area contributed by atoms with E-state index in [1.54, 1.807) is 0 Å². The van der Waals surface area contributed by atoms with Gasteiger partial charge >= 0.3 is 0 Å². The van der Waals surface area contributed by atoms with Gasteiger partial charge < -0.3 is 9.91 Å². The van der Waals surface area contributed by atoms with E-state index in [9.17, 15) is 0 Å².